The molecule has 7 nitrogen and oxygen atoms in total. The van der Waals surface area contributed by atoms with Gasteiger partial charge in [-0.15, -0.1) is 0 Å². The van der Waals surface area contributed by atoms with Crippen molar-refractivity contribution in [2.24, 2.45) is 0 Å². The molecule has 2 fully saturated rings. The van der Waals surface area contributed by atoms with Crippen molar-refractivity contribution in [3.05, 3.63) is 58.6 Å². The highest BCUT2D eigenvalue weighted by molar-refractivity contribution is 7.89. The topological polar surface area (TPSA) is 78.0 Å². The van der Waals surface area contributed by atoms with E-state index in [1.165, 1.54) is 6.07 Å². The number of anilines is 1. The van der Waals surface area contributed by atoms with E-state index in [-0.39, 0.29) is 23.6 Å². The molecule has 170 valence electrons. The summed E-state index contributed by atoms with van der Waals surface area (Å²) in [6.07, 6.45) is 0.249. The molecule has 0 unspecified atom stereocenters. The highest BCUT2D eigenvalue weighted by Gasteiger charge is 2.46. The zero-order chi connectivity index (χ0) is 23.0. The molecule has 9 heteroatoms. The van der Waals surface area contributed by atoms with Gasteiger partial charge >= 0.3 is 0 Å². The quantitative estimate of drug-likeness (QED) is 0.679. The van der Waals surface area contributed by atoms with Crippen molar-refractivity contribution in [3.63, 3.8) is 0 Å². The zero-order valence-corrected chi connectivity index (χ0v) is 19.7. The van der Waals surface area contributed by atoms with Crippen molar-refractivity contribution in [1.82, 2.24) is 9.21 Å². The second-order valence-corrected chi connectivity index (χ2v) is 10.5. The number of sulfonamides is 1. The zero-order valence-electron chi connectivity index (χ0n) is 18.1. The normalized spacial score (nSPS) is 19.5. The van der Waals surface area contributed by atoms with Gasteiger partial charge in [0, 0.05) is 43.3 Å². The fourth-order valence-electron chi connectivity index (χ4n) is 4.24. The molecule has 4 rings (SSSR count). The van der Waals surface area contributed by atoms with Crippen LogP contribution in [0.1, 0.15) is 24.0 Å². The van der Waals surface area contributed by atoms with Crippen molar-refractivity contribution in [2.75, 3.05) is 31.1 Å². The Kier molecular flexibility index (Phi) is 6.18. The Morgan fingerprint density at radius 1 is 1.00 bits per heavy atom. The molecule has 2 aliphatic rings. The van der Waals surface area contributed by atoms with Gasteiger partial charge in [0.2, 0.25) is 11.8 Å². The molecule has 0 bridgehead atoms. The third-order valence-corrected chi connectivity index (χ3v) is 8.31. The number of halogens is 1. The Balaban J connectivity index is 1.51. The third-order valence-electron chi connectivity index (χ3n) is 6.25. The number of benzene rings is 2. The largest absolute Gasteiger partial charge is 0.368 e. The lowest BCUT2D eigenvalue weighted by Gasteiger charge is -2.38. The number of aryl methyl sites for hydroxylation is 2. The lowest BCUT2D eigenvalue weighted by atomic mass is 10.1. The van der Waals surface area contributed by atoms with E-state index >= 15 is 0 Å². The number of carbonyl (C=O) groups excluding carboxylic acids is 2. The third kappa shape index (κ3) is 4.21. The first-order valence-electron chi connectivity index (χ1n) is 10.6. The van der Waals surface area contributed by atoms with Crippen LogP contribution in [0.15, 0.2) is 47.4 Å². The van der Waals surface area contributed by atoms with Crippen molar-refractivity contribution in [2.45, 2.75) is 37.6 Å². The average molecular weight is 476 g/mol. The van der Waals surface area contributed by atoms with Crippen LogP contribution in [0.3, 0.4) is 0 Å². The highest BCUT2D eigenvalue weighted by atomic mass is 35.5. The summed E-state index contributed by atoms with van der Waals surface area (Å²) in [5.74, 6) is -0.840. The second-order valence-electron chi connectivity index (χ2n) is 8.29. The standard InChI is InChI=1S/C23H26ClN3O4S/c1-16-6-7-20(14-17(16)2)32(30,31)27-21(8-9-22(27)28)23(29)26-12-10-25(11-13-26)19-5-3-4-18(24)15-19/h3-7,14-15,21H,8-13H2,1-2H3/t21-/m0/s1. The summed E-state index contributed by atoms with van der Waals surface area (Å²) in [4.78, 5) is 29.7. The van der Waals surface area contributed by atoms with E-state index < -0.39 is 22.0 Å². The first-order valence-corrected chi connectivity index (χ1v) is 12.4. The molecule has 0 spiro atoms. The first kappa shape index (κ1) is 22.6. The molecule has 2 amide bonds. The number of rotatable bonds is 4. The number of piperazine rings is 1. The van der Waals surface area contributed by atoms with Gasteiger partial charge in [-0.25, -0.2) is 12.7 Å². The lowest BCUT2D eigenvalue weighted by molar-refractivity contribution is -0.138. The number of amides is 2. The summed E-state index contributed by atoms with van der Waals surface area (Å²) in [6.45, 7) is 5.83. The second kappa shape index (κ2) is 8.75. The van der Waals surface area contributed by atoms with Crippen LogP contribution in [-0.2, 0) is 19.6 Å². The van der Waals surface area contributed by atoms with E-state index in [2.05, 4.69) is 4.90 Å². The molecule has 2 heterocycles. The summed E-state index contributed by atoms with van der Waals surface area (Å²) in [5, 5.41) is 0.651. The van der Waals surface area contributed by atoms with Crippen molar-refractivity contribution in [3.8, 4) is 0 Å². The van der Waals surface area contributed by atoms with Gasteiger partial charge in [-0.1, -0.05) is 23.7 Å². The molecule has 0 saturated carbocycles. The highest BCUT2D eigenvalue weighted by Crippen LogP contribution is 2.30. The van der Waals surface area contributed by atoms with Crippen LogP contribution < -0.4 is 4.90 Å². The molecule has 2 aromatic rings. The Labute approximate surface area is 193 Å². The smallest absolute Gasteiger partial charge is 0.267 e. The van der Waals surface area contributed by atoms with Gasteiger partial charge in [0.05, 0.1) is 4.90 Å². The van der Waals surface area contributed by atoms with Gasteiger partial charge in [-0.3, -0.25) is 9.59 Å². The minimum Gasteiger partial charge on any atom is -0.368 e. The van der Waals surface area contributed by atoms with Crippen molar-refractivity contribution < 1.29 is 18.0 Å². The Morgan fingerprint density at radius 3 is 2.38 bits per heavy atom. The summed E-state index contributed by atoms with van der Waals surface area (Å²) >= 11 is 6.09. The number of hydrogen-bond acceptors (Lipinski definition) is 5. The van der Waals surface area contributed by atoms with Crippen LogP contribution in [0.4, 0.5) is 5.69 Å². The molecule has 0 radical (unpaired) electrons. The summed E-state index contributed by atoms with van der Waals surface area (Å²) in [6, 6.07) is 11.3. The van der Waals surface area contributed by atoms with Gasteiger partial charge in [0.1, 0.15) is 6.04 Å². The van der Waals surface area contributed by atoms with Gasteiger partial charge in [0.25, 0.3) is 10.0 Å². The Hall–Kier alpha value is -2.58. The maximum absolute atomic E-state index is 13.3. The van der Waals surface area contributed by atoms with Crippen LogP contribution in [0, 0.1) is 13.8 Å². The molecule has 2 saturated heterocycles. The van der Waals surface area contributed by atoms with E-state index in [1.807, 2.05) is 38.1 Å². The fourth-order valence-corrected chi connectivity index (χ4v) is 6.11. The van der Waals surface area contributed by atoms with Crippen LogP contribution >= 0.6 is 11.6 Å². The minimum atomic E-state index is -4.11. The fraction of sp³-hybridized carbons (Fsp3) is 0.391. The van der Waals surface area contributed by atoms with Crippen molar-refractivity contribution in [1.29, 1.82) is 0 Å². The molecule has 1 atom stereocenters. The molecule has 2 aliphatic heterocycles. The van der Waals surface area contributed by atoms with Gasteiger partial charge in [-0.2, -0.15) is 0 Å². The molecule has 0 aliphatic carbocycles. The molecule has 32 heavy (non-hydrogen) atoms. The van der Waals surface area contributed by atoms with Gasteiger partial charge in [-0.05, 0) is 61.7 Å². The van der Waals surface area contributed by atoms with Crippen LogP contribution in [0.5, 0.6) is 0 Å². The molecular formula is C23H26ClN3O4S. The van der Waals surface area contributed by atoms with E-state index in [9.17, 15) is 18.0 Å². The first-order chi connectivity index (χ1) is 15.2. The molecular weight excluding hydrogens is 450 g/mol. The predicted molar refractivity (Wildman–Crippen MR) is 123 cm³/mol. The number of carbonyl (C=O) groups is 2. The predicted octanol–water partition coefficient (Wildman–Crippen LogP) is 2.99. The maximum Gasteiger partial charge on any atom is 0.267 e. The summed E-state index contributed by atoms with van der Waals surface area (Å²) < 4.78 is 27.4. The minimum absolute atomic E-state index is 0.0411. The van der Waals surface area contributed by atoms with Gasteiger partial charge < -0.3 is 9.80 Å². The van der Waals surface area contributed by atoms with E-state index in [0.717, 1.165) is 21.1 Å². The summed E-state index contributed by atoms with van der Waals surface area (Å²) in [7, 11) is -4.11. The lowest BCUT2D eigenvalue weighted by Crippen LogP contribution is -2.55. The molecule has 0 aromatic heterocycles. The average Bonchev–Trinajstić information content (AvgIpc) is 3.17. The SMILES string of the molecule is Cc1ccc(S(=O)(=O)N2C(=O)CC[C@H]2C(=O)N2CCN(c3cccc(Cl)c3)CC2)cc1C. The molecule has 0 N–H and O–H groups in total. The summed E-state index contributed by atoms with van der Waals surface area (Å²) in [5.41, 5.74) is 2.76. The Bertz CT molecular complexity index is 1160. The number of hydrogen-bond donors (Lipinski definition) is 0. The van der Waals surface area contributed by atoms with Gasteiger partial charge in [0.15, 0.2) is 0 Å². The van der Waals surface area contributed by atoms with Crippen LogP contribution in [0.2, 0.25) is 5.02 Å². The van der Waals surface area contributed by atoms with Crippen LogP contribution in [-0.4, -0.2) is 61.7 Å². The Morgan fingerprint density at radius 2 is 1.72 bits per heavy atom. The molecule has 2 aromatic carbocycles. The van der Waals surface area contributed by atoms with Crippen molar-refractivity contribution >= 4 is 39.1 Å². The number of nitrogens with zero attached hydrogens (tertiary/aromatic N) is 3. The van der Waals surface area contributed by atoms with Crippen LogP contribution in [0.25, 0.3) is 0 Å². The van der Waals surface area contributed by atoms with E-state index in [1.54, 1.807) is 17.0 Å². The monoisotopic (exact) mass is 475 g/mol. The maximum atomic E-state index is 13.3. The van der Waals surface area contributed by atoms with E-state index in [0.29, 0.717) is 31.2 Å². The van der Waals surface area contributed by atoms with E-state index in [4.69, 9.17) is 11.6 Å².